The molecule has 1 nitrogen and oxygen atoms in total. The van der Waals surface area contributed by atoms with Gasteiger partial charge in [0.25, 0.3) is 0 Å². The van der Waals surface area contributed by atoms with Crippen LogP contribution in [0.4, 0.5) is 0 Å². The molecular formula is C20H28O. The molecule has 1 N–H and O–H groups in total. The molecule has 1 aromatic carbocycles. The van der Waals surface area contributed by atoms with Crippen LogP contribution in [0.1, 0.15) is 70.5 Å². The minimum atomic E-state index is -0.378. The lowest BCUT2D eigenvalue weighted by Crippen LogP contribution is -1.96. The van der Waals surface area contributed by atoms with Crippen molar-refractivity contribution >= 4 is 0 Å². The van der Waals surface area contributed by atoms with E-state index in [1.807, 2.05) is 30.3 Å². The van der Waals surface area contributed by atoms with Crippen molar-refractivity contribution in [1.29, 1.82) is 0 Å². The van der Waals surface area contributed by atoms with Crippen LogP contribution in [0.3, 0.4) is 0 Å². The number of hydrogen-bond acceptors (Lipinski definition) is 1. The second kappa shape index (κ2) is 8.19. The Morgan fingerprint density at radius 3 is 2.43 bits per heavy atom. The summed E-state index contributed by atoms with van der Waals surface area (Å²) in [5.41, 5.74) is 5.77. The Morgan fingerprint density at radius 2 is 1.76 bits per heavy atom. The van der Waals surface area contributed by atoms with Crippen LogP contribution in [-0.4, -0.2) is 5.11 Å². The van der Waals surface area contributed by atoms with Gasteiger partial charge in [-0.25, -0.2) is 0 Å². The lowest BCUT2D eigenvalue weighted by atomic mass is 9.98. The van der Waals surface area contributed by atoms with Crippen molar-refractivity contribution in [3.05, 3.63) is 58.7 Å². The van der Waals surface area contributed by atoms with Crippen LogP contribution in [0.5, 0.6) is 0 Å². The predicted octanol–water partition coefficient (Wildman–Crippen LogP) is 5.73. The lowest BCUT2D eigenvalue weighted by molar-refractivity contribution is 0.181. The summed E-state index contributed by atoms with van der Waals surface area (Å²) in [6, 6.07) is 9.98. The van der Waals surface area contributed by atoms with E-state index in [0.717, 1.165) is 12.0 Å². The first-order chi connectivity index (χ1) is 10.3. The molecule has 0 radical (unpaired) electrons. The first-order valence-corrected chi connectivity index (χ1v) is 8.39. The standard InChI is InChI=1S/C20H28O/c1-3-8-16-12-13-17(19(16)9-4-2)14-15-20(21)18-10-6-5-7-11-18/h5-7,10-11,14,20-21H,3-4,8-9,12-13,15H2,1-2H3/b17-14+. The van der Waals surface area contributed by atoms with Crippen LogP contribution in [0.15, 0.2) is 53.1 Å². The zero-order chi connectivity index (χ0) is 15.1. The third-order valence-corrected chi connectivity index (χ3v) is 4.33. The summed E-state index contributed by atoms with van der Waals surface area (Å²) in [6.07, 6.45) is 9.93. The van der Waals surface area contributed by atoms with E-state index in [2.05, 4.69) is 19.9 Å². The highest BCUT2D eigenvalue weighted by Gasteiger charge is 2.18. The van der Waals surface area contributed by atoms with Crippen molar-refractivity contribution in [2.45, 2.75) is 64.9 Å². The molecule has 1 aliphatic carbocycles. The quantitative estimate of drug-likeness (QED) is 0.678. The van der Waals surface area contributed by atoms with E-state index in [0.29, 0.717) is 0 Å². The van der Waals surface area contributed by atoms with E-state index >= 15 is 0 Å². The third-order valence-electron chi connectivity index (χ3n) is 4.33. The van der Waals surface area contributed by atoms with Crippen molar-refractivity contribution in [1.82, 2.24) is 0 Å². The Kier molecular flexibility index (Phi) is 6.25. The van der Waals surface area contributed by atoms with Crippen LogP contribution in [0.25, 0.3) is 0 Å². The van der Waals surface area contributed by atoms with Crippen LogP contribution >= 0.6 is 0 Å². The zero-order valence-electron chi connectivity index (χ0n) is 13.4. The summed E-state index contributed by atoms with van der Waals surface area (Å²) >= 11 is 0. The van der Waals surface area contributed by atoms with Crippen molar-refractivity contribution in [3.8, 4) is 0 Å². The molecule has 114 valence electrons. The van der Waals surface area contributed by atoms with Gasteiger partial charge in [0.1, 0.15) is 0 Å². The van der Waals surface area contributed by atoms with Gasteiger partial charge in [-0.2, -0.15) is 0 Å². The van der Waals surface area contributed by atoms with Crippen LogP contribution in [0.2, 0.25) is 0 Å². The van der Waals surface area contributed by atoms with Gasteiger partial charge in [-0.05, 0) is 48.8 Å². The molecule has 0 saturated heterocycles. The van der Waals surface area contributed by atoms with Gasteiger partial charge in [0.15, 0.2) is 0 Å². The van der Waals surface area contributed by atoms with Gasteiger partial charge in [0.2, 0.25) is 0 Å². The Hall–Kier alpha value is -1.34. The number of rotatable bonds is 7. The fourth-order valence-corrected chi connectivity index (χ4v) is 3.27. The third kappa shape index (κ3) is 4.31. The van der Waals surface area contributed by atoms with E-state index in [-0.39, 0.29) is 6.10 Å². The minimum absolute atomic E-state index is 0.378. The number of aliphatic hydroxyl groups is 1. The molecular weight excluding hydrogens is 256 g/mol. The fourth-order valence-electron chi connectivity index (χ4n) is 3.27. The van der Waals surface area contributed by atoms with Gasteiger partial charge in [0, 0.05) is 0 Å². The molecule has 0 amide bonds. The average Bonchev–Trinajstić information content (AvgIpc) is 2.89. The molecule has 0 aromatic heterocycles. The lowest BCUT2D eigenvalue weighted by Gasteiger charge is -2.11. The normalized spacial score (nSPS) is 18.5. The van der Waals surface area contributed by atoms with Crippen LogP contribution in [-0.2, 0) is 0 Å². The largest absolute Gasteiger partial charge is 0.388 e. The molecule has 0 bridgehead atoms. The maximum Gasteiger partial charge on any atom is 0.0824 e. The van der Waals surface area contributed by atoms with Crippen molar-refractivity contribution in [3.63, 3.8) is 0 Å². The second-order valence-electron chi connectivity index (χ2n) is 5.97. The monoisotopic (exact) mass is 284 g/mol. The van der Waals surface area contributed by atoms with Crippen molar-refractivity contribution < 1.29 is 5.11 Å². The van der Waals surface area contributed by atoms with E-state index in [9.17, 15) is 5.11 Å². The zero-order valence-corrected chi connectivity index (χ0v) is 13.4. The average molecular weight is 284 g/mol. The summed E-state index contributed by atoms with van der Waals surface area (Å²) in [5.74, 6) is 0. The molecule has 0 spiro atoms. The van der Waals surface area contributed by atoms with Gasteiger partial charge in [-0.15, -0.1) is 0 Å². The fraction of sp³-hybridized carbons (Fsp3) is 0.500. The van der Waals surface area contributed by atoms with Crippen molar-refractivity contribution in [2.75, 3.05) is 0 Å². The maximum absolute atomic E-state index is 10.3. The predicted molar refractivity (Wildman–Crippen MR) is 90.2 cm³/mol. The van der Waals surface area contributed by atoms with Crippen LogP contribution < -0.4 is 0 Å². The number of hydrogen-bond donors (Lipinski definition) is 1. The van der Waals surface area contributed by atoms with Gasteiger partial charge < -0.3 is 5.11 Å². The minimum Gasteiger partial charge on any atom is -0.388 e. The molecule has 1 aliphatic rings. The van der Waals surface area contributed by atoms with E-state index < -0.39 is 0 Å². The van der Waals surface area contributed by atoms with E-state index in [4.69, 9.17) is 0 Å². The van der Waals surface area contributed by atoms with Crippen LogP contribution in [0, 0.1) is 0 Å². The Balaban J connectivity index is 2.06. The molecule has 1 heteroatoms. The van der Waals surface area contributed by atoms with Gasteiger partial charge in [-0.1, -0.05) is 68.7 Å². The molecule has 1 aromatic rings. The summed E-state index contributed by atoms with van der Waals surface area (Å²) < 4.78 is 0. The highest BCUT2D eigenvalue weighted by atomic mass is 16.3. The molecule has 1 atom stereocenters. The number of allylic oxidation sites excluding steroid dienone is 3. The highest BCUT2D eigenvalue weighted by Crippen LogP contribution is 2.37. The molecule has 0 heterocycles. The second-order valence-corrected chi connectivity index (χ2v) is 5.97. The summed E-state index contributed by atoms with van der Waals surface area (Å²) in [7, 11) is 0. The summed E-state index contributed by atoms with van der Waals surface area (Å²) in [4.78, 5) is 0. The van der Waals surface area contributed by atoms with Gasteiger partial charge in [0.05, 0.1) is 6.10 Å². The molecule has 0 saturated carbocycles. The smallest absolute Gasteiger partial charge is 0.0824 e. The molecule has 21 heavy (non-hydrogen) atoms. The maximum atomic E-state index is 10.3. The molecule has 0 fully saturated rings. The Morgan fingerprint density at radius 1 is 1.05 bits per heavy atom. The van der Waals surface area contributed by atoms with Gasteiger partial charge >= 0.3 is 0 Å². The first-order valence-electron chi connectivity index (χ1n) is 8.39. The Labute approximate surface area is 129 Å². The summed E-state index contributed by atoms with van der Waals surface area (Å²) in [5, 5.41) is 10.3. The van der Waals surface area contributed by atoms with E-state index in [1.165, 1.54) is 44.1 Å². The molecule has 1 unspecified atom stereocenters. The number of benzene rings is 1. The Bertz CT molecular complexity index is 496. The first kappa shape index (κ1) is 16.0. The topological polar surface area (TPSA) is 20.2 Å². The van der Waals surface area contributed by atoms with Crippen molar-refractivity contribution in [2.24, 2.45) is 0 Å². The highest BCUT2D eigenvalue weighted by molar-refractivity contribution is 5.41. The number of aliphatic hydroxyl groups excluding tert-OH is 1. The van der Waals surface area contributed by atoms with Gasteiger partial charge in [-0.3, -0.25) is 0 Å². The SMILES string of the molecule is CCCC1=C(CCC)/C(=C/CC(O)c2ccccc2)CC1. The molecule has 0 aliphatic heterocycles. The molecule has 2 rings (SSSR count). The van der Waals surface area contributed by atoms with E-state index in [1.54, 1.807) is 11.1 Å². The summed E-state index contributed by atoms with van der Waals surface area (Å²) in [6.45, 7) is 4.52.